The van der Waals surface area contributed by atoms with Crippen LogP contribution in [0.1, 0.15) is 12.8 Å². The van der Waals surface area contributed by atoms with Crippen LogP contribution in [0.15, 0.2) is 9.59 Å². The molecule has 1 aromatic heterocycles. The molecule has 2 rings (SSSR count). The Bertz CT molecular complexity index is 554. The number of hydrogen-bond acceptors (Lipinski definition) is 5. The molecule has 1 aromatic rings. The number of H-pyrrole nitrogens is 1. The van der Waals surface area contributed by atoms with E-state index in [0.29, 0.717) is 18.2 Å². The highest BCUT2D eigenvalue weighted by Crippen LogP contribution is 2.17. The highest BCUT2D eigenvalue weighted by molar-refractivity contribution is 5.60. The lowest BCUT2D eigenvalue weighted by molar-refractivity contribution is 0.226. The van der Waals surface area contributed by atoms with Crippen LogP contribution in [0.25, 0.3) is 0 Å². The number of rotatable bonds is 3. The average Bonchev–Trinajstić information content (AvgIpc) is 2.38. The molecule has 19 heavy (non-hydrogen) atoms. The van der Waals surface area contributed by atoms with Crippen molar-refractivity contribution >= 4 is 11.5 Å². The molecule has 0 radical (unpaired) electrons. The van der Waals surface area contributed by atoms with Gasteiger partial charge in [-0.05, 0) is 38.9 Å². The molecule has 0 amide bonds. The van der Waals surface area contributed by atoms with Crippen molar-refractivity contribution in [2.24, 2.45) is 13.0 Å². The summed E-state index contributed by atoms with van der Waals surface area (Å²) in [5.74, 6) is 0.717. The van der Waals surface area contributed by atoms with Crippen molar-refractivity contribution in [2.45, 2.75) is 12.8 Å². The number of piperidine rings is 1. The summed E-state index contributed by atoms with van der Waals surface area (Å²) < 4.78 is 1.23. The zero-order valence-corrected chi connectivity index (χ0v) is 11.4. The third-order valence-corrected chi connectivity index (χ3v) is 3.78. The summed E-state index contributed by atoms with van der Waals surface area (Å²) in [6.45, 7) is 2.86. The van der Waals surface area contributed by atoms with Crippen LogP contribution in [-0.2, 0) is 7.05 Å². The molecule has 0 aliphatic carbocycles. The van der Waals surface area contributed by atoms with Crippen molar-refractivity contribution in [1.29, 1.82) is 0 Å². The molecule has 0 aromatic carbocycles. The van der Waals surface area contributed by atoms with Gasteiger partial charge in [0, 0.05) is 13.6 Å². The van der Waals surface area contributed by atoms with Gasteiger partial charge in [0.25, 0.3) is 5.56 Å². The van der Waals surface area contributed by atoms with Gasteiger partial charge in [0.1, 0.15) is 11.5 Å². The van der Waals surface area contributed by atoms with Crippen molar-refractivity contribution in [3.05, 3.63) is 20.8 Å². The van der Waals surface area contributed by atoms with Gasteiger partial charge in [-0.2, -0.15) is 0 Å². The predicted molar refractivity (Wildman–Crippen MR) is 75.4 cm³/mol. The van der Waals surface area contributed by atoms with Gasteiger partial charge in [-0.1, -0.05) is 0 Å². The number of nitrogens with zero attached hydrogens (tertiary/aromatic N) is 2. The Morgan fingerprint density at radius 3 is 2.58 bits per heavy atom. The van der Waals surface area contributed by atoms with Gasteiger partial charge in [0.2, 0.25) is 0 Å². The van der Waals surface area contributed by atoms with E-state index in [1.54, 1.807) is 0 Å². The lowest BCUT2D eigenvalue weighted by atomic mass is 9.97. The molecule has 0 atom stereocenters. The Labute approximate surface area is 111 Å². The maximum absolute atomic E-state index is 11.7. The van der Waals surface area contributed by atoms with Crippen molar-refractivity contribution in [2.75, 3.05) is 37.7 Å². The van der Waals surface area contributed by atoms with E-state index in [2.05, 4.69) is 22.2 Å². The highest BCUT2D eigenvalue weighted by Gasteiger charge is 2.17. The summed E-state index contributed by atoms with van der Waals surface area (Å²) >= 11 is 0. The summed E-state index contributed by atoms with van der Waals surface area (Å²) in [7, 11) is 3.65. The summed E-state index contributed by atoms with van der Waals surface area (Å²) in [6.07, 6.45) is 2.21. The highest BCUT2D eigenvalue weighted by atomic mass is 16.2. The van der Waals surface area contributed by atoms with E-state index < -0.39 is 11.2 Å². The minimum absolute atomic E-state index is 0.182. The van der Waals surface area contributed by atoms with E-state index in [4.69, 9.17) is 5.73 Å². The first-order chi connectivity index (χ1) is 8.99. The molecule has 1 saturated heterocycles. The Hall–Kier alpha value is -1.76. The zero-order valence-electron chi connectivity index (χ0n) is 11.4. The van der Waals surface area contributed by atoms with Gasteiger partial charge in [-0.25, -0.2) is 4.79 Å². The quantitative estimate of drug-likeness (QED) is 0.680. The van der Waals surface area contributed by atoms with Gasteiger partial charge in [0.15, 0.2) is 0 Å². The summed E-state index contributed by atoms with van der Waals surface area (Å²) in [4.78, 5) is 27.6. The molecule has 1 fully saturated rings. The number of anilines is 2. The second-order valence-electron chi connectivity index (χ2n) is 5.21. The van der Waals surface area contributed by atoms with Crippen molar-refractivity contribution in [3.63, 3.8) is 0 Å². The first-order valence-corrected chi connectivity index (χ1v) is 6.50. The molecule has 4 N–H and O–H groups in total. The SMILES string of the molecule is CN1CCC(CNc2c(N)n(C)c(=O)[nH]c2=O)CC1. The molecule has 0 bridgehead atoms. The normalized spacial score (nSPS) is 17.6. The lowest BCUT2D eigenvalue weighted by Crippen LogP contribution is -2.35. The average molecular weight is 267 g/mol. The molecule has 2 heterocycles. The lowest BCUT2D eigenvalue weighted by Gasteiger charge is -2.29. The number of aromatic amines is 1. The van der Waals surface area contributed by atoms with Crippen LogP contribution in [0.3, 0.4) is 0 Å². The smallest absolute Gasteiger partial charge is 0.329 e. The Kier molecular flexibility index (Phi) is 3.94. The molecule has 7 heteroatoms. The van der Waals surface area contributed by atoms with Crippen LogP contribution in [0.2, 0.25) is 0 Å². The molecule has 0 saturated carbocycles. The standard InChI is InChI=1S/C12H21N5O2/c1-16-5-3-8(4-6-16)7-14-9-10(13)17(2)12(19)15-11(9)18/h8,14H,3-7,13H2,1-2H3,(H,15,18,19). The minimum Gasteiger partial charge on any atom is -0.383 e. The van der Waals surface area contributed by atoms with Crippen LogP contribution < -0.4 is 22.3 Å². The molecule has 7 nitrogen and oxygen atoms in total. The van der Waals surface area contributed by atoms with Crippen LogP contribution in [0.4, 0.5) is 11.5 Å². The maximum atomic E-state index is 11.7. The number of nitrogen functional groups attached to an aromatic ring is 1. The van der Waals surface area contributed by atoms with Crippen LogP contribution in [0, 0.1) is 5.92 Å². The van der Waals surface area contributed by atoms with E-state index in [9.17, 15) is 9.59 Å². The van der Waals surface area contributed by atoms with Gasteiger partial charge in [0.05, 0.1) is 0 Å². The summed E-state index contributed by atoms with van der Waals surface area (Å²) in [5, 5.41) is 3.09. The number of likely N-dealkylation sites (tertiary alicyclic amines) is 1. The van der Waals surface area contributed by atoms with Crippen molar-refractivity contribution in [3.8, 4) is 0 Å². The third-order valence-electron chi connectivity index (χ3n) is 3.78. The van der Waals surface area contributed by atoms with Gasteiger partial charge < -0.3 is 16.0 Å². The predicted octanol–water partition coefficient (Wildman–Crippen LogP) is -0.590. The van der Waals surface area contributed by atoms with Crippen LogP contribution >= 0.6 is 0 Å². The Morgan fingerprint density at radius 2 is 1.95 bits per heavy atom. The monoisotopic (exact) mass is 267 g/mol. The fourth-order valence-electron chi connectivity index (χ4n) is 2.32. The number of nitrogens with two attached hydrogens (primary N) is 1. The molecule has 1 aliphatic rings. The third kappa shape index (κ3) is 2.98. The molecular formula is C12H21N5O2. The second-order valence-corrected chi connectivity index (χ2v) is 5.21. The Morgan fingerprint density at radius 1 is 1.32 bits per heavy atom. The number of hydrogen-bond donors (Lipinski definition) is 3. The minimum atomic E-state index is -0.493. The molecule has 1 aliphatic heterocycles. The number of nitrogens with one attached hydrogen (secondary N) is 2. The first-order valence-electron chi connectivity index (χ1n) is 6.50. The van der Waals surface area contributed by atoms with Crippen LogP contribution in [-0.4, -0.2) is 41.1 Å². The number of aromatic nitrogens is 2. The fraction of sp³-hybridized carbons (Fsp3) is 0.667. The molecule has 0 spiro atoms. The molecular weight excluding hydrogens is 246 g/mol. The maximum Gasteiger partial charge on any atom is 0.329 e. The van der Waals surface area contributed by atoms with E-state index in [-0.39, 0.29) is 5.82 Å². The van der Waals surface area contributed by atoms with Gasteiger partial charge in [-0.3, -0.25) is 14.3 Å². The fourth-order valence-corrected chi connectivity index (χ4v) is 2.32. The van der Waals surface area contributed by atoms with E-state index in [1.165, 1.54) is 11.6 Å². The van der Waals surface area contributed by atoms with Gasteiger partial charge >= 0.3 is 5.69 Å². The van der Waals surface area contributed by atoms with Gasteiger partial charge in [-0.15, -0.1) is 0 Å². The summed E-state index contributed by atoms with van der Waals surface area (Å²) in [5.41, 5.74) is 5.14. The zero-order chi connectivity index (χ0) is 14.0. The van der Waals surface area contributed by atoms with E-state index >= 15 is 0 Å². The largest absolute Gasteiger partial charge is 0.383 e. The van der Waals surface area contributed by atoms with E-state index in [0.717, 1.165) is 25.9 Å². The van der Waals surface area contributed by atoms with E-state index in [1.807, 2.05) is 0 Å². The van der Waals surface area contributed by atoms with Crippen molar-refractivity contribution < 1.29 is 0 Å². The first kappa shape index (κ1) is 13.7. The van der Waals surface area contributed by atoms with Crippen LogP contribution in [0.5, 0.6) is 0 Å². The molecule has 0 unspecified atom stereocenters. The topological polar surface area (TPSA) is 96.2 Å². The molecule has 106 valence electrons. The Balaban J connectivity index is 2.06. The van der Waals surface area contributed by atoms with Crippen molar-refractivity contribution in [1.82, 2.24) is 14.5 Å². The summed E-state index contributed by atoms with van der Waals surface area (Å²) in [6, 6.07) is 0. The second kappa shape index (κ2) is 5.48.